The summed E-state index contributed by atoms with van der Waals surface area (Å²) < 4.78 is 8.08. The first-order valence-corrected chi connectivity index (χ1v) is 6.63. The summed E-state index contributed by atoms with van der Waals surface area (Å²) in [5, 5.41) is 3.87. The number of anilines is 1. The second-order valence-electron chi connectivity index (χ2n) is 3.68. The molecule has 0 spiro atoms. The van der Waals surface area contributed by atoms with E-state index in [0.29, 0.717) is 11.2 Å². The third-order valence-electron chi connectivity index (χ3n) is 2.33. The zero-order valence-corrected chi connectivity index (χ0v) is 10.9. The van der Waals surface area contributed by atoms with Crippen molar-refractivity contribution in [3.05, 3.63) is 5.15 Å². The molecule has 1 N–H and O–H groups in total. The van der Waals surface area contributed by atoms with Gasteiger partial charge in [0.1, 0.15) is 0 Å². The molecule has 0 bridgehead atoms. The Bertz CT molecular complexity index is 277. The number of hydrogen-bond donors (Lipinski definition) is 1. The standard InChI is InChI=1S/C10H18ClN3S/c1-3-5-7-8(6-4-2)12-10-9(11)13-15-14-10/h8H,3-7H2,1-2H3,(H,12,14). The lowest BCUT2D eigenvalue weighted by Crippen LogP contribution is -2.19. The first kappa shape index (κ1) is 12.7. The third kappa shape index (κ3) is 4.34. The van der Waals surface area contributed by atoms with Gasteiger partial charge in [-0.1, -0.05) is 44.7 Å². The number of nitrogens with zero attached hydrogens (tertiary/aromatic N) is 2. The molecule has 0 amide bonds. The SMILES string of the molecule is CCCCC(CCC)Nc1nsnc1Cl. The molecule has 1 atom stereocenters. The van der Waals surface area contributed by atoms with E-state index in [2.05, 4.69) is 27.9 Å². The van der Waals surface area contributed by atoms with Crippen LogP contribution < -0.4 is 5.32 Å². The molecule has 1 heterocycles. The zero-order chi connectivity index (χ0) is 11.1. The van der Waals surface area contributed by atoms with E-state index in [-0.39, 0.29) is 0 Å². The first-order valence-electron chi connectivity index (χ1n) is 5.52. The monoisotopic (exact) mass is 247 g/mol. The van der Waals surface area contributed by atoms with E-state index in [4.69, 9.17) is 11.6 Å². The minimum Gasteiger partial charge on any atom is -0.364 e. The van der Waals surface area contributed by atoms with Crippen LogP contribution in [0.3, 0.4) is 0 Å². The summed E-state index contributed by atoms with van der Waals surface area (Å²) in [4.78, 5) is 0. The van der Waals surface area contributed by atoms with Crippen molar-refractivity contribution in [2.75, 3.05) is 5.32 Å². The highest BCUT2D eigenvalue weighted by atomic mass is 35.5. The highest BCUT2D eigenvalue weighted by Crippen LogP contribution is 2.21. The Morgan fingerprint density at radius 2 is 2.07 bits per heavy atom. The number of halogens is 1. The van der Waals surface area contributed by atoms with E-state index >= 15 is 0 Å². The summed E-state index contributed by atoms with van der Waals surface area (Å²) in [7, 11) is 0. The fourth-order valence-corrected chi connectivity index (χ4v) is 2.20. The van der Waals surface area contributed by atoms with Gasteiger partial charge in [-0.2, -0.15) is 8.75 Å². The van der Waals surface area contributed by atoms with Crippen LogP contribution in [-0.4, -0.2) is 14.8 Å². The van der Waals surface area contributed by atoms with Crippen LogP contribution in [0.4, 0.5) is 5.82 Å². The van der Waals surface area contributed by atoms with Crippen molar-refractivity contribution in [3.63, 3.8) is 0 Å². The number of nitrogens with one attached hydrogen (secondary N) is 1. The topological polar surface area (TPSA) is 37.8 Å². The van der Waals surface area contributed by atoms with E-state index in [1.165, 1.54) is 25.7 Å². The van der Waals surface area contributed by atoms with Gasteiger partial charge in [0, 0.05) is 6.04 Å². The maximum Gasteiger partial charge on any atom is 0.186 e. The van der Waals surface area contributed by atoms with Crippen molar-refractivity contribution in [2.24, 2.45) is 0 Å². The molecule has 5 heteroatoms. The van der Waals surface area contributed by atoms with Crippen LogP contribution >= 0.6 is 23.3 Å². The van der Waals surface area contributed by atoms with Crippen molar-refractivity contribution in [1.82, 2.24) is 8.75 Å². The minimum atomic E-state index is 0.483. The molecule has 0 saturated carbocycles. The normalized spacial score (nSPS) is 12.7. The summed E-state index contributed by atoms with van der Waals surface area (Å²) >= 11 is 7.05. The van der Waals surface area contributed by atoms with Gasteiger partial charge in [0.15, 0.2) is 11.0 Å². The molecule has 1 aromatic heterocycles. The molecule has 1 rings (SSSR count). The zero-order valence-electron chi connectivity index (χ0n) is 9.29. The molecule has 0 aliphatic rings. The van der Waals surface area contributed by atoms with Crippen molar-refractivity contribution >= 4 is 29.1 Å². The average molecular weight is 248 g/mol. The Balaban J connectivity index is 2.46. The lowest BCUT2D eigenvalue weighted by Gasteiger charge is -2.17. The molecule has 3 nitrogen and oxygen atoms in total. The Labute approximate surface area is 101 Å². The van der Waals surface area contributed by atoms with Gasteiger partial charge in [-0.05, 0) is 12.8 Å². The van der Waals surface area contributed by atoms with Gasteiger partial charge in [0.05, 0.1) is 11.7 Å². The number of rotatable bonds is 7. The largest absolute Gasteiger partial charge is 0.364 e. The van der Waals surface area contributed by atoms with Gasteiger partial charge in [0.25, 0.3) is 0 Å². The number of unbranched alkanes of at least 4 members (excludes halogenated alkanes) is 1. The Kier molecular flexibility index (Phi) is 5.95. The van der Waals surface area contributed by atoms with E-state index in [0.717, 1.165) is 24.0 Å². The van der Waals surface area contributed by atoms with Gasteiger partial charge in [-0.3, -0.25) is 0 Å². The maximum atomic E-state index is 5.89. The van der Waals surface area contributed by atoms with E-state index in [9.17, 15) is 0 Å². The number of hydrogen-bond acceptors (Lipinski definition) is 4. The summed E-state index contributed by atoms with van der Waals surface area (Å²) in [5.41, 5.74) is 0. The molecule has 0 saturated heterocycles. The summed E-state index contributed by atoms with van der Waals surface area (Å²) in [6.07, 6.45) is 5.99. The van der Waals surface area contributed by atoms with Gasteiger partial charge >= 0.3 is 0 Å². The van der Waals surface area contributed by atoms with E-state index < -0.39 is 0 Å². The molecule has 15 heavy (non-hydrogen) atoms. The van der Waals surface area contributed by atoms with Gasteiger partial charge < -0.3 is 5.32 Å². The van der Waals surface area contributed by atoms with Crippen LogP contribution in [0.25, 0.3) is 0 Å². The van der Waals surface area contributed by atoms with Gasteiger partial charge in [0.2, 0.25) is 0 Å². The molecule has 0 fully saturated rings. The second kappa shape index (κ2) is 7.01. The molecular weight excluding hydrogens is 230 g/mol. The van der Waals surface area contributed by atoms with Crippen LogP contribution in [-0.2, 0) is 0 Å². The minimum absolute atomic E-state index is 0.483. The van der Waals surface area contributed by atoms with Crippen molar-refractivity contribution < 1.29 is 0 Å². The molecule has 0 radical (unpaired) electrons. The molecule has 1 unspecified atom stereocenters. The van der Waals surface area contributed by atoms with E-state index in [1.807, 2.05) is 0 Å². The first-order chi connectivity index (χ1) is 7.27. The summed E-state index contributed by atoms with van der Waals surface area (Å²) in [6, 6.07) is 0.483. The molecule has 1 aromatic rings. The van der Waals surface area contributed by atoms with Crippen molar-refractivity contribution in [1.29, 1.82) is 0 Å². The fraction of sp³-hybridized carbons (Fsp3) is 0.800. The van der Waals surface area contributed by atoms with Crippen LogP contribution in [0.15, 0.2) is 0 Å². The lowest BCUT2D eigenvalue weighted by molar-refractivity contribution is 0.563. The van der Waals surface area contributed by atoms with Crippen LogP contribution in [0.1, 0.15) is 46.0 Å². The van der Waals surface area contributed by atoms with Crippen molar-refractivity contribution in [3.8, 4) is 0 Å². The van der Waals surface area contributed by atoms with Gasteiger partial charge in [-0.15, -0.1) is 0 Å². The van der Waals surface area contributed by atoms with E-state index in [1.54, 1.807) is 0 Å². The van der Waals surface area contributed by atoms with Crippen molar-refractivity contribution in [2.45, 2.75) is 52.0 Å². The Morgan fingerprint density at radius 1 is 1.27 bits per heavy atom. The highest BCUT2D eigenvalue weighted by Gasteiger charge is 2.11. The predicted molar refractivity (Wildman–Crippen MR) is 66.8 cm³/mol. The molecule has 0 aliphatic carbocycles. The summed E-state index contributed by atoms with van der Waals surface area (Å²) in [6.45, 7) is 4.40. The van der Waals surface area contributed by atoms with Crippen LogP contribution in [0, 0.1) is 0 Å². The second-order valence-corrected chi connectivity index (χ2v) is 4.56. The number of aromatic nitrogens is 2. The molecule has 0 aliphatic heterocycles. The Morgan fingerprint density at radius 3 is 2.60 bits per heavy atom. The quantitative estimate of drug-likeness (QED) is 0.793. The highest BCUT2D eigenvalue weighted by molar-refractivity contribution is 6.99. The van der Waals surface area contributed by atoms with Crippen LogP contribution in [0.5, 0.6) is 0 Å². The summed E-state index contributed by atoms with van der Waals surface area (Å²) in [5.74, 6) is 0.746. The van der Waals surface area contributed by atoms with Crippen LogP contribution in [0.2, 0.25) is 5.15 Å². The Hall–Kier alpha value is -0.350. The smallest absolute Gasteiger partial charge is 0.186 e. The predicted octanol–water partition coefficient (Wildman–Crippen LogP) is 3.96. The molecular formula is C10H18ClN3S. The molecule has 0 aromatic carbocycles. The van der Waals surface area contributed by atoms with Gasteiger partial charge in [-0.25, -0.2) is 0 Å². The lowest BCUT2D eigenvalue weighted by atomic mass is 10.1. The fourth-order valence-electron chi connectivity index (χ4n) is 1.54. The maximum absolute atomic E-state index is 5.89. The average Bonchev–Trinajstić information content (AvgIpc) is 2.61. The third-order valence-corrected chi connectivity index (χ3v) is 3.22. The molecule has 86 valence electrons.